The molecule has 33 heavy (non-hydrogen) atoms. The second-order valence-corrected chi connectivity index (χ2v) is 7.86. The molecular formula is C25H21ClN2O5. The van der Waals surface area contributed by atoms with E-state index in [4.69, 9.17) is 21.1 Å². The summed E-state index contributed by atoms with van der Waals surface area (Å²) in [5.41, 5.74) is 2.03. The normalized spacial score (nSPS) is 17.3. The number of Topliss-reactive ketones (excluding diaryl/α,β-unsaturated/α-hetero) is 1. The van der Waals surface area contributed by atoms with E-state index in [1.807, 2.05) is 6.92 Å². The van der Waals surface area contributed by atoms with Gasteiger partial charge >= 0.3 is 0 Å². The zero-order valence-corrected chi connectivity index (χ0v) is 19.0. The molecule has 8 heteroatoms. The van der Waals surface area contributed by atoms with E-state index >= 15 is 0 Å². The van der Waals surface area contributed by atoms with Crippen molar-refractivity contribution in [3.8, 4) is 11.5 Å². The van der Waals surface area contributed by atoms with Gasteiger partial charge in [0.2, 0.25) is 0 Å². The molecule has 0 radical (unpaired) electrons. The smallest absolute Gasteiger partial charge is 0.300 e. The predicted molar refractivity (Wildman–Crippen MR) is 125 cm³/mol. The van der Waals surface area contributed by atoms with Gasteiger partial charge in [-0.2, -0.15) is 0 Å². The first-order valence-electron chi connectivity index (χ1n) is 10.1. The minimum absolute atomic E-state index is 0.0746. The van der Waals surface area contributed by atoms with Crippen LogP contribution in [-0.4, -0.2) is 36.0 Å². The molecule has 0 saturated carbocycles. The third-order valence-electron chi connectivity index (χ3n) is 5.56. The molecule has 0 spiro atoms. The van der Waals surface area contributed by atoms with Crippen molar-refractivity contribution < 1.29 is 24.2 Å². The fourth-order valence-corrected chi connectivity index (χ4v) is 4.01. The summed E-state index contributed by atoms with van der Waals surface area (Å²) >= 11 is 6.31. The minimum atomic E-state index is -0.900. The molecular weight excluding hydrogens is 444 g/mol. The van der Waals surface area contributed by atoms with Gasteiger partial charge in [-0.3, -0.25) is 19.5 Å². The molecule has 2 heterocycles. The van der Waals surface area contributed by atoms with E-state index in [0.717, 1.165) is 5.56 Å². The maximum Gasteiger partial charge on any atom is 0.300 e. The Hall–Kier alpha value is -3.84. The maximum absolute atomic E-state index is 13.3. The number of carbonyl (C=O) groups excluding carboxylic acids is 2. The number of hydrogen-bond donors (Lipinski definition) is 1. The minimum Gasteiger partial charge on any atom is -0.507 e. The van der Waals surface area contributed by atoms with E-state index < -0.39 is 17.7 Å². The largest absolute Gasteiger partial charge is 0.507 e. The molecule has 1 aliphatic heterocycles. The number of ketones is 1. The zero-order valence-electron chi connectivity index (χ0n) is 18.2. The number of methoxy groups -OCH3 is 2. The number of aromatic nitrogens is 1. The van der Waals surface area contributed by atoms with Crippen molar-refractivity contribution in [2.24, 2.45) is 0 Å². The van der Waals surface area contributed by atoms with Crippen LogP contribution in [0.1, 0.15) is 22.7 Å². The summed E-state index contributed by atoms with van der Waals surface area (Å²) in [6.45, 7) is 1.84. The number of rotatable bonds is 5. The van der Waals surface area contributed by atoms with Gasteiger partial charge in [-0.15, -0.1) is 0 Å². The number of benzene rings is 2. The lowest BCUT2D eigenvalue weighted by atomic mass is 9.95. The fraction of sp³-hybridized carbons (Fsp3) is 0.160. The molecule has 1 fully saturated rings. The summed E-state index contributed by atoms with van der Waals surface area (Å²) in [6.07, 6.45) is 3.12. The van der Waals surface area contributed by atoms with Gasteiger partial charge in [0.05, 0.1) is 31.4 Å². The van der Waals surface area contributed by atoms with Crippen molar-refractivity contribution in [2.45, 2.75) is 13.0 Å². The SMILES string of the molecule is COc1ccc(OC)c(/C(O)=C2\C(=O)C(=O)N(c3ccc(C)c(Cl)c3)C2c2ccncc2)c1. The Balaban J connectivity index is 1.98. The predicted octanol–water partition coefficient (Wildman–Crippen LogP) is 4.69. The van der Waals surface area contributed by atoms with Crippen molar-refractivity contribution in [1.82, 2.24) is 4.98 Å². The lowest BCUT2D eigenvalue weighted by Gasteiger charge is -2.26. The fourth-order valence-electron chi connectivity index (χ4n) is 3.84. The van der Waals surface area contributed by atoms with Crippen LogP contribution in [0.25, 0.3) is 5.76 Å². The molecule has 1 saturated heterocycles. The van der Waals surface area contributed by atoms with Crippen LogP contribution in [0.5, 0.6) is 11.5 Å². The highest BCUT2D eigenvalue weighted by molar-refractivity contribution is 6.51. The Bertz CT molecular complexity index is 1270. The molecule has 1 unspecified atom stereocenters. The maximum atomic E-state index is 13.3. The van der Waals surface area contributed by atoms with E-state index in [-0.39, 0.29) is 16.9 Å². The van der Waals surface area contributed by atoms with E-state index in [0.29, 0.717) is 27.8 Å². The Morgan fingerprint density at radius 1 is 1.03 bits per heavy atom. The zero-order chi connectivity index (χ0) is 23.7. The van der Waals surface area contributed by atoms with E-state index in [1.54, 1.807) is 60.9 Å². The van der Waals surface area contributed by atoms with E-state index in [9.17, 15) is 14.7 Å². The summed E-state index contributed by atoms with van der Waals surface area (Å²) in [6, 6.07) is 12.4. The number of nitrogens with zero attached hydrogens (tertiary/aromatic N) is 2. The first-order valence-corrected chi connectivity index (χ1v) is 10.4. The Labute approximate surface area is 195 Å². The van der Waals surface area contributed by atoms with E-state index in [2.05, 4.69) is 4.98 Å². The molecule has 1 aliphatic rings. The van der Waals surface area contributed by atoms with Crippen molar-refractivity contribution in [3.63, 3.8) is 0 Å². The summed E-state index contributed by atoms with van der Waals surface area (Å²) in [5.74, 6) is -1.19. The molecule has 3 aromatic rings. The number of amides is 1. The van der Waals surface area contributed by atoms with Crippen LogP contribution < -0.4 is 14.4 Å². The van der Waals surface area contributed by atoms with Crippen molar-refractivity contribution in [3.05, 3.63) is 88.2 Å². The molecule has 1 amide bonds. The number of carbonyl (C=O) groups is 2. The van der Waals surface area contributed by atoms with Gasteiger partial charge in [-0.25, -0.2) is 0 Å². The third-order valence-corrected chi connectivity index (χ3v) is 5.97. The Morgan fingerprint density at radius 2 is 1.76 bits per heavy atom. The van der Waals surface area contributed by atoms with Crippen LogP contribution in [0.2, 0.25) is 5.02 Å². The lowest BCUT2D eigenvalue weighted by Crippen LogP contribution is -2.29. The molecule has 1 atom stereocenters. The molecule has 168 valence electrons. The van der Waals surface area contributed by atoms with Crippen LogP contribution in [0.15, 0.2) is 66.5 Å². The van der Waals surface area contributed by atoms with Crippen molar-refractivity contribution in [2.75, 3.05) is 19.1 Å². The highest BCUT2D eigenvalue weighted by atomic mass is 35.5. The first-order chi connectivity index (χ1) is 15.9. The van der Waals surface area contributed by atoms with Crippen LogP contribution in [0.4, 0.5) is 5.69 Å². The average molecular weight is 465 g/mol. The Morgan fingerprint density at radius 3 is 2.39 bits per heavy atom. The monoisotopic (exact) mass is 464 g/mol. The summed E-state index contributed by atoms with van der Waals surface area (Å²) in [5, 5.41) is 11.8. The molecule has 7 nitrogen and oxygen atoms in total. The number of halogens is 1. The van der Waals surface area contributed by atoms with Gasteiger partial charge in [0, 0.05) is 23.1 Å². The van der Waals surface area contributed by atoms with Gasteiger partial charge in [-0.1, -0.05) is 17.7 Å². The van der Waals surface area contributed by atoms with Gasteiger partial charge in [0.1, 0.15) is 17.3 Å². The molecule has 0 bridgehead atoms. The Kier molecular flexibility index (Phi) is 6.07. The lowest BCUT2D eigenvalue weighted by molar-refractivity contribution is -0.132. The first kappa shape index (κ1) is 22.4. The third kappa shape index (κ3) is 3.91. The number of ether oxygens (including phenoxy) is 2. The van der Waals surface area contributed by atoms with Crippen molar-refractivity contribution in [1.29, 1.82) is 0 Å². The average Bonchev–Trinajstić information content (AvgIpc) is 3.11. The quantitative estimate of drug-likeness (QED) is 0.335. The van der Waals surface area contributed by atoms with E-state index in [1.165, 1.54) is 19.1 Å². The molecule has 1 aromatic heterocycles. The van der Waals surface area contributed by atoms with Crippen LogP contribution in [-0.2, 0) is 9.59 Å². The van der Waals surface area contributed by atoms with Gasteiger partial charge in [0.25, 0.3) is 11.7 Å². The molecule has 0 aliphatic carbocycles. The summed E-state index contributed by atoms with van der Waals surface area (Å²) < 4.78 is 10.6. The van der Waals surface area contributed by atoms with Crippen molar-refractivity contribution >= 4 is 34.7 Å². The highest BCUT2D eigenvalue weighted by Gasteiger charge is 2.47. The number of aliphatic hydroxyl groups excluding tert-OH is 1. The van der Waals surface area contributed by atoms with Crippen LogP contribution in [0, 0.1) is 6.92 Å². The summed E-state index contributed by atoms with van der Waals surface area (Å²) in [7, 11) is 2.94. The second kappa shape index (κ2) is 8.96. The standard InChI is InChI=1S/C25H21ClN2O5/c1-14-4-5-16(12-19(14)26)28-22(15-8-10-27-11-9-15)21(24(30)25(28)31)23(29)18-13-17(32-2)6-7-20(18)33-3/h4-13,22,29H,1-3H3/b23-21+. The number of aryl methyl sites for hydroxylation is 1. The van der Waals surface area contributed by atoms with Gasteiger partial charge < -0.3 is 14.6 Å². The number of aliphatic hydroxyl groups is 1. The highest BCUT2D eigenvalue weighted by Crippen LogP contribution is 2.44. The molecule has 1 N–H and O–H groups in total. The number of anilines is 1. The van der Waals surface area contributed by atoms with Crippen LogP contribution in [0.3, 0.4) is 0 Å². The summed E-state index contributed by atoms with van der Waals surface area (Å²) in [4.78, 5) is 31.9. The molecule has 2 aromatic carbocycles. The number of pyridine rings is 1. The molecule has 4 rings (SSSR count). The topological polar surface area (TPSA) is 89.0 Å². The second-order valence-electron chi connectivity index (χ2n) is 7.45. The van der Waals surface area contributed by atoms with Crippen LogP contribution >= 0.6 is 11.6 Å². The van der Waals surface area contributed by atoms with Gasteiger partial charge in [0.15, 0.2) is 0 Å². The number of hydrogen-bond acceptors (Lipinski definition) is 6. The van der Waals surface area contributed by atoms with Gasteiger partial charge in [-0.05, 0) is 60.5 Å².